The minimum absolute atomic E-state index is 0.239. The molecule has 0 unspecified atom stereocenters. The maximum atomic E-state index is 12.6. The molecule has 0 aliphatic heterocycles. The Hall–Kier alpha value is -3.14. The molecule has 0 radical (unpaired) electrons. The SMILES string of the molecule is CCn1ncc(Cn2cc(NC(=O)c3ccc(Cn4nc(C)c(Br)c4C)o3)cn2)c1C. The fourth-order valence-corrected chi connectivity index (χ4v) is 3.69. The molecule has 4 rings (SSSR count). The second kappa shape index (κ2) is 8.54. The minimum atomic E-state index is -0.324. The fourth-order valence-electron chi connectivity index (χ4n) is 3.40. The molecule has 0 aliphatic rings. The number of carbonyl (C=O) groups is 1. The highest BCUT2D eigenvalue weighted by Crippen LogP contribution is 2.21. The second-order valence-electron chi connectivity index (χ2n) is 7.36. The number of aromatic nitrogens is 6. The van der Waals surface area contributed by atoms with Crippen LogP contribution >= 0.6 is 15.9 Å². The molecule has 31 heavy (non-hydrogen) atoms. The van der Waals surface area contributed by atoms with Gasteiger partial charge in [0.2, 0.25) is 0 Å². The number of hydrogen-bond acceptors (Lipinski definition) is 5. The van der Waals surface area contributed by atoms with Gasteiger partial charge in [0, 0.05) is 24.0 Å². The van der Waals surface area contributed by atoms with Gasteiger partial charge in [-0.1, -0.05) is 0 Å². The number of nitrogens with one attached hydrogen (secondary N) is 1. The van der Waals surface area contributed by atoms with Crippen molar-refractivity contribution in [2.75, 3.05) is 5.32 Å². The van der Waals surface area contributed by atoms with Gasteiger partial charge in [-0.05, 0) is 55.8 Å². The molecule has 10 heteroatoms. The monoisotopic (exact) mass is 485 g/mol. The van der Waals surface area contributed by atoms with Gasteiger partial charge in [-0.15, -0.1) is 0 Å². The number of amides is 1. The van der Waals surface area contributed by atoms with Crippen molar-refractivity contribution >= 4 is 27.5 Å². The Morgan fingerprint density at radius 1 is 1.10 bits per heavy atom. The highest BCUT2D eigenvalue weighted by Gasteiger charge is 2.15. The molecule has 0 saturated heterocycles. The van der Waals surface area contributed by atoms with Crippen molar-refractivity contribution in [1.82, 2.24) is 29.3 Å². The normalized spacial score (nSPS) is 11.3. The Bertz CT molecular complexity index is 1230. The molecule has 1 N–H and O–H groups in total. The largest absolute Gasteiger partial charge is 0.454 e. The average molecular weight is 486 g/mol. The summed E-state index contributed by atoms with van der Waals surface area (Å²) in [6.07, 6.45) is 5.26. The molecule has 0 spiro atoms. The Balaban J connectivity index is 1.40. The average Bonchev–Trinajstić information content (AvgIpc) is 3.51. The molecule has 0 aromatic carbocycles. The maximum absolute atomic E-state index is 12.6. The summed E-state index contributed by atoms with van der Waals surface area (Å²) in [4.78, 5) is 12.6. The lowest BCUT2D eigenvalue weighted by Gasteiger charge is -2.03. The first kappa shape index (κ1) is 21.1. The van der Waals surface area contributed by atoms with E-state index in [4.69, 9.17) is 4.42 Å². The molecule has 9 nitrogen and oxygen atoms in total. The zero-order valence-corrected chi connectivity index (χ0v) is 19.5. The zero-order chi connectivity index (χ0) is 22.1. The fraction of sp³-hybridized carbons (Fsp3) is 0.333. The Morgan fingerprint density at radius 3 is 2.58 bits per heavy atom. The van der Waals surface area contributed by atoms with Gasteiger partial charge in [-0.25, -0.2) is 0 Å². The van der Waals surface area contributed by atoms with Gasteiger partial charge >= 0.3 is 0 Å². The second-order valence-corrected chi connectivity index (χ2v) is 8.15. The van der Waals surface area contributed by atoms with E-state index in [0.29, 0.717) is 24.5 Å². The molecule has 1 amide bonds. The predicted molar refractivity (Wildman–Crippen MR) is 119 cm³/mol. The van der Waals surface area contributed by atoms with E-state index in [1.165, 1.54) is 0 Å². The third-order valence-corrected chi connectivity index (χ3v) is 6.36. The van der Waals surface area contributed by atoms with Crippen molar-refractivity contribution in [1.29, 1.82) is 0 Å². The van der Waals surface area contributed by atoms with Gasteiger partial charge < -0.3 is 9.73 Å². The molecule has 162 valence electrons. The van der Waals surface area contributed by atoms with E-state index in [1.807, 2.05) is 36.3 Å². The quantitative estimate of drug-likeness (QED) is 0.427. The van der Waals surface area contributed by atoms with Gasteiger partial charge in [-0.3, -0.25) is 18.8 Å². The van der Waals surface area contributed by atoms with Crippen LogP contribution in [0.15, 0.2) is 39.6 Å². The van der Waals surface area contributed by atoms with Gasteiger partial charge in [0.15, 0.2) is 5.76 Å². The first-order chi connectivity index (χ1) is 14.9. The van der Waals surface area contributed by atoms with E-state index >= 15 is 0 Å². The maximum Gasteiger partial charge on any atom is 0.291 e. The molecule has 4 aromatic heterocycles. The summed E-state index contributed by atoms with van der Waals surface area (Å²) >= 11 is 3.52. The summed E-state index contributed by atoms with van der Waals surface area (Å²) in [5.41, 5.74) is 4.73. The summed E-state index contributed by atoms with van der Waals surface area (Å²) in [7, 11) is 0. The third-order valence-electron chi connectivity index (χ3n) is 5.21. The van der Waals surface area contributed by atoms with Gasteiger partial charge in [0.25, 0.3) is 5.91 Å². The number of carbonyl (C=O) groups excluding carboxylic acids is 1. The lowest BCUT2D eigenvalue weighted by atomic mass is 10.2. The van der Waals surface area contributed by atoms with Gasteiger partial charge in [0.05, 0.1) is 47.0 Å². The van der Waals surface area contributed by atoms with Gasteiger partial charge in [0.1, 0.15) is 5.76 Å². The van der Waals surface area contributed by atoms with Crippen molar-refractivity contribution in [3.05, 3.63) is 69.4 Å². The molecule has 0 bridgehead atoms. The summed E-state index contributed by atoms with van der Waals surface area (Å²) in [6, 6.07) is 3.45. The molecule has 0 saturated carbocycles. The first-order valence-corrected chi connectivity index (χ1v) is 10.8. The van der Waals surface area contributed by atoms with Crippen LogP contribution in [0.4, 0.5) is 5.69 Å². The smallest absolute Gasteiger partial charge is 0.291 e. The standard InChI is InChI=1S/C21H24BrN7O2/c1-5-28-14(3)16(8-24-28)10-27-11-17(9-23-27)25-21(30)19-7-6-18(31-19)12-29-15(4)20(22)13(2)26-29/h6-9,11H,5,10,12H2,1-4H3,(H,25,30). The number of anilines is 1. The van der Waals surface area contributed by atoms with E-state index in [2.05, 4.69) is 43.5 Å². The number of aryl methyl sites for hydroxylation is 2. The van der Waals surface area contributed by atoms with Gasteiger partial charge in [-0.2, -0.15) is 15.3 Å². The highest BCUT2D eigenvalue weighted by atomic mass is 79.9. The number of furan rings is 1. The van der Waals surface area contributed by atoms with E-state index in [9.17, 15) is 4.79 Å². The molecule has 0 atom stereocenters. The lowest BCUT2D eigenvalue weighted by Crippen LogP contribution is -2.10. The zero-order valence-electron chi connectivity index (χ0n) is 17.9. The molecule has 4 aromatic rings. The van der Waals surface area contributed by atoms with E-state index < -0.39 is 0 Å². The number of nitrogens with zero attached hydrogens (tertiary/aromatic N) is 6. The number of rotatable bonds is 7. The van der Waals surface area contributed by atoms with Crippen LogP contribution in [0.1, 0.15) is 45.9 Å². The minimum Gasteiger partial charge on any atom is -0.454 e. The Morgan fingerprint density at radius 2 is 1.90 bits per heavy atom. The Labute approximate surface area is 188 Å². The van der Waals surface area contributed by atoms with Crippen LogP contribution in [-0.2, 0) is 19.6 Å². The van der Waals surface area contributed by atoms with Crippen LogP contribution in [0.5, 0.6) is 0 Å². The summed E-state index contributed by atoms with van der Waals surface area (Å²) in [5, 5.41) is 16.0. The van der Waals surface area contributed by atoms with Crippen LogP contribution in [0.2, 0.25) is 0 Å². The molecule has 0 aliphatic carbocycles. The van der Waals surface area contributed by atoms with Crippen molar-refractivity contribution in [2.24, 2.45) is 0 Å². The van der Waals surface area contributed by atoms with E-state index in [1.54, 1.807) is 29.2 Å². The number of hydrogen-bond donors (Lipinski definition) is 1. The summed E-state index contributed by atoms with van der Waals surface area (Å²) < 4.78 is 12.3. The van der Waals surface area contributed by atoms with Crippen LogP contribution < -0.4 is 5.32 Å². The topological polar surface area (TPSA) is 95.7 Å². The van der Waals surface area contributed by atoms with Crippen molar-refractivity contribution in [2.45, 2.75) is 47.3 Å². The van der Waals surface area contributed by atoms with Crippen molar-refractivity contribution < 1.29 is 9.21 Å². The summed E-state index contributed by atoms with van der Waals surface area (Å²) in [5.74, 6) is 0.570. The lowest BCUT2D eigenvalue weighted by molar-refractivity contribution is 0.0994. The van der Waals surface area contributed by atoms with E-state index in [-0.39, 0.29) is 11.7 Å². The molecular weight excluding hydrogens is 462 g/mol. The van der Waals surface area contributed by atoms with Crippen molar-refractivity contribution in [3.8, 4) is 0 Å². The molecule has 4 heterocycles. The van der Waals surface area contributed by atoms with Crippen molar-refractivity contribution in [3.63, 3.8) is 0 Å². The van der Waals surface area contributed by atoms with E-state index in [0.717, 1.165) is 33.7 Å². The Kier molecular flexibility index (Phi) is 5.81. The van der Waals surface area contributed by atoms with Crippen LogP contribution in [0.25, 0.3) is 0 Å². The predicted octanol–water partition coefficient (Wildman–Crippen LogP) is 3.93. The summed E-state index contributed by atoms with van der Waals surface area (Å²) in [6.45, 7) is 9.88. The van der Waals surface area contributed by atoms with Crippen LogP contribution in [0.3, 0.4) is 0 Å². The third kappa shape index (κ3) is 4.34. The number of halogens is 1. The molecule has 0 fully saturated rings. The first-order valence-electron chi connectivity index (χ1n) is 9.99. The van der Waals surface area contributed by atoms with Crippen LogP contribution in [-0.4, -0.2) is 35.2 Å². The molecular formula is C21H24BrN7O2. The van der Waals surface area contributed by atoms with Crippen LogP contribution in [0, 0.1) is 20.8 Å². The highest BCUT2D eigenvalue weighted by molar-refractivity contribution is 9.10.